The minimum Gasteiger partial charge on any atom is -0.469 e. The molecule has 236 valence electrons. The SMILES string of the molecule is CC(C)[C@H](O)C(=O)N[C@H]1Cc2ccc3c(c2)C2(c4ccccc4N[C@H]2O3)c2oc(nc2C(=O)N2CCCC2)[C@H](C(C)C)NC1=O. The van der Waals surface area contributed by atoms with E-state index in [1.54, 1.807) is 13.8 Å². The molecule has 45 heavy (non-hydrogen) atoms. The van der Waals surface area contributed by atoms with Crippen molar-refractivity contribution in [1.82, 2.24) is 20.5 Å². The molecule has 0 aliphatic carbocycles. The van der Waals surface area contributed by atoms with Crippen molar-refractivity contribution in [3.63, 3.8) is 0 Å². The molecule has 5 heterocycles. The third kappa shape index (κ3) is 4.58. The first kappa shape index (κ1) is 29.3. The number of ether oxygens (including phenoxy) is 1. The van der Waals surface area contributed by atoms with Crippen molar-refractivity contribution in [3.8, 4) is 5.75 Å². The Hall–Kier alpha value is -4.38. The van der Waals surface area contributed by atoms with E-state index in [0.29, 0.717) is 24.6 Å². The first-order valence-corrected chi connectivity index (χ1v) is 15.8. The van der Waals surface area contributed by atoms with Gasteiger partial charge in [-0.15, -0.1) is 0 Å². The number of oxazole rings is 1. The number of nitrogens with one attached hydrogen (secondary N) is 3. The van der Waals surface area contributed by atoms with Gasteiger partial charge in [-0.1, -0.05) is 58.0 Å². The van der Waals surface area contributed by atoms with Gasteiger partial charge in [0.25, 0.3) is 5.91 Å². The summed E-state index contributed by atoms with van der Waals surface area (Å²) in [6.07, 6.45) is 0.123. The van der Waals surface area contributed by atoms with Crippen molar-refractivity contribution in [2.75, 3.05) is 18.4 Å². The molecule has 4 aliphatic rings. The molecule has 4 bridgehead atoms. The van der Waals surface area contributed by atoms with E-state index in [9.17, 15) is 19.5 Å². The van der Waals surface area contributed by atoms with Gasteiger partial charge < -0.3 is 35.1 Å². The minimum atomic E-state index is -1.27. The maximum Gasteiger partial charge on any atom is 0.276 e. The molecule has 3 aromatic rings. The number of carbonyl (C=O) groups is 3. The van der Waals surface area contributed by atoms with Crippen molar-refractivity contribution in [1.29, 1.82) is 0 Å². The molecule has 4 N–H and O–H groups in total. The van der Waals surface area contributed by atoms with Crippen molar-refractivity contribution in [2.45, 2.75) is 76.8 Å². The van der Waals surface area contributed by atoms with Gasteiger partial charge in [-0.25, -0.2) is 4.98 Å². The van der Waals surface area contributed by atoms with Gasteiger partial charge in [0.1, 0.15) is 29.4 Å². The molecule has 1 spiro atoms. The summed E-state index contributed by atoms with van der Waals surface area (Å²) >= 11 is 0. The highest BCUT2D eigenvalue weighted by molar-refractivity contribution is 5.95. The molecular formula is C34H39N5O6. The molecule has 3 amide bonds. The second-order valence-corrected chi connectivity index (χ2v) is 13.2. The zero-order chi connectivity index (χ0) is 31.6. The number of rotatable bonds is 5. The number of para-hydroxylation sites is 1. The summed E-state index contributed by atoms with van der Waals surface area (Å²) in [5.41, 5.74) is 2.49. The fourth-order valence-corrected chi connectivity index (χ4v) is 7.08. The van der Waals surface area contributed by atoms with Gasteiger partial charge in [-0.05, 0) is 47.9 Å². The average Bonchev–Trinajstić information content (AvgIpc) is 3.80. The van der Waals surface area contributed by atoms with Gasteiger partial charge in [0.15, 0.2) is 17.7 Å². The maximum atomic E-state index is 14.2. The predicted octanol–water partition coefficient (Wildman–Crippen LogP) is 3.26. The number of aliphatic hydroxyl groups is 1. The Bertz CT molecular complexity index is 1680. The summed E-state index contributed by atoms with van der Waals surface area (Å²) in [7, 11) is 0. The largest absolute Gasteiger partial charge is 0.469 e. The highest BCUT2D eigenvalue weighted by atomic mass is 16.5. The van der Waals surface area contributed by atoms with Gasteiger partial charge in [-0.3, -0.25) is 14.4 Å². The van der Waals surface area contributed by atoms with Crippen LogP contribution in [0.1, 0.15) is 85.4 Å². The van der Waals surface area contributed by atoms with Gasteiger partial charge in [-0.2, -0.15) is 0 Å². The third-order valence-corrected chi connectivity index (χ3v) is 9.55. The van der Waals surface area contributed by atoms with Crippen LogP contribution in [0.25, 0.3) is 0 Å². The van der Waals surface area contributed by atoms with E-state index in [1.165, 1.54) is 0 Å². The maximum absolute atomic E-state index is 14.2. The molecular weight excluding hydrogens is 574 g/mol. The van der Waals surface area contributed by atoms with Crippen molar-refractivity contribution in [3.05, 3.63) is 76.5 Å². The smallest absolute Gasteiger partial charge is 0.276 e. The predicted molar refractivity (Wildman–Crippen MR) is 165 cm³/mol. The van der Waals surface area contributed by atoms with E-state index in [1.807, 2.05) is 61.2 Å². The monoisotopic (exact) mass is 613 g/mol. The van der Waals surface area contributed by atoms with Crippen LogP contribution in [0.5, 0.6) is 5.75 Å². The highest BCUT2D eigenvalue weighted by Crippen LogP contribution is 2.58. The standard InChI is InChI=1S/C34H39N5O6/c1-17(2)25-31-38-26(32(43)39-13-7-8-14-39)28(45-31)34-20-9-5-6-10-22(20)36-33(34)44-24-12-11-19(15-21(24)34)16-23(29(41)37-25)35-30(42)27(40)18(3)4/h5-6,9-12,15,17-18,23,25,27,33,36,40H,7-8,13-14,16H2,1-4H3,(H,35,42)(H,37,41)/t23-,25-,27-,33-,34?/m0/s1. The molecule has 4 aliphatic heterocycles. The number of aliphatic hydroxyl groups excluding tert-OH is 1. The summed E-state index contributed by atoms with van der Waals surface area (Å²) in [6, 6.07) is 11.9. The summed E-state index contributed by atoms with van der Waals surface area (Å²) in [5.74, 6) is -0.551. The van der Waals surface area contributed by atoms with Crippen LogP contribution in [0.3, 0.4) is 0 Å². The number of aromatic nitrogens is 1. The Balaban J connectivity index is 1.46. The number of anilines is 1. The Morgan fingerprint density at radius 2 is 1.82 bits per heavy atom. The van der Waals surface area contributed by atoms with E-state index in [2.05, 4.69) is 16.0 Å². The molecule has 11 nitrogen and oxygen atoms in total. The van der Waals surface area contributed by atoms with Crippen LogP contribution in [-0.4, -0.2) is 64.2 Å². The molecule has 1 saturated heterocycles. The lowest BCUT2D eigenvalue weighted by Crippen LogP contribution is -2.52. The Morgan fingerprint density at radius 3 is 2.56 bits per heavy atom. The number of nitrogens with zero attached hydrogens (tertiary/aromatic N) is 2. The molecule has 7 rings (SSSR count). The fraction of sp³-hybridized carbons (Fsp3) is 0.471. The number of benzene rings is 2. The summed E-state index contributed by atoms with van der Waals surface area (Å²) in [5, 5.41) is 19.8. The Morgan fingerprint density at radius 1 is 1.07 bits per heavy atom. The van der Waals surface area contributed by atoms with Gasteiger partial charge in [0, 0.05) is 30.8 Å². The van der Waals surface area contributed by atoms with E-state index in [4.69, 9.17) is 14.1 Å². The fourth-order valence-electron chi connectivity index (χ4n) is 7.08. The van der Waals surface area contributed by atoms with Crippen LogP contribution in [0.4, 0.5) is 5.69 Å². The van der Waals surface area contributed by atoms with Gasteiger partial charge in [0.05, 0.1) is 0 Å². The van der Waals surface area contributed by atoms with Gasteiger partial charge in [0.2, 0.25) is 17.7 Å². The second-order valence-electron chi connectivity index (χ2n) is 13.2. The topological polar surface area (TPSA) is 146 Å². The van der Waals surface area contributed by atoms with E-state index >= 15 is 0 Å². The van der Waals surface area contributed by atoms with Gasteiger partial charge >= 0.3 is 0 Å². The molecule has 1 aromatic heterocycles. The van der Waals surface area contributed by atoms with Crippen LogP contribution in [0.2, 0.25) is 0 Å². The minimum absolute atomic E-state index is 0.169. The average molecular weight is 614 g/mol. The number of carbonyl (C=O) groups excluding carboxylic acids is 3. The van der Waals surface area contributed by atoms with E-state index in [0.717, 1.165) is 35.2 Å². The first-order valence-electron chi connectivity index (χ1n) is 15.8. The number of fused-ring (bicyclic) bond motifs is 4. The molecule has 0 radical (unpaired) electrons. The zero-order valence-electron chi connectivity index (χ0n) is 25.9. The summed E-state index contributed by atoms with van der Waals surface area (Å²) < 4.78 is 13.3. The molecule has 2 aromatic carbocycles. The number of amides is 3. The lowest BCUT2D eigenvalue weighted by atomic mass is 9.72. The Labute approximate surface area is 261 Å². The van der Waals surface area contributed by atoms with Crippen molar-refractivity contribution >= 4 is 23.4 Å². The lowest BCUT2D eigenvalue weighted by molar-refractivity contribution is -0.135. The molecule has 1 fully saturated rings. The second kappa shape index (κ2) is 10.9. The molecule has 11 heteroatoms. The van der Waals surface area contributed by atoms with Crippen LogP contribution in [-0.2, 0) is 21.4 Å². The first-order chi connectivity index (χ1) is 21.6. The molecule has 0 saturated carbocycles. The highest BCUT2D eigenvalue weighted by Gasteiger charge is 2.61. The number of hydrogen-bond acceptors (Lipinski definition) is 8. The summed E-state index contributed by atoms with van der Waals surface area (Å²) in [6.45, 7) is 8.63. The van der Waals surface area contributed by atoms with Crippen molar-refractivity contribution in [2.24, 2.45) is 11.8 Å². The molecule has 5 atom stereocenters. The number of likely N-dealkylation sites (tertiary alicyclic amines) is 1. The normalized spacial score (nSPS) is 25.4. The Kier molecular flexibility index (Phi) is 7.11. The van der Waals surface area contributed by atoms with E-state index < -0.39 is 41.6 Å². The zero-order valence-corrected chi connectivity index (χ0v) is 25.9. The van der Waals surface area contributed by atoms with Crippen LogP contribution >= 0.6 is 0 Å². The van der Waals surface area contributed by atoms with Crippen molar-refractivity contribution < 1.29 is 28.6 Å². The number of hydrogen-bond donors (Lipinski definition) is 4. The lowest BCUT2D eigenvalue weighted by Gasteiger charge is -2.29. The summed E-state index contributed by atoms with van der Waals surface area (Å²) in [4.78, 5) is 47.8. The van der Waals surface area contributed by atoms with E-state index in [-0.39, 0.29) is 35.7 Å². The molecule has 1 unspecified atom stereocenters. The van der Waals surface area contributed by atoms with Crippen LogP contribution in [0, 0.1) is 11.8 Å². The quantitative estimate of drug-likeness (QED) is 0.343. The van der Waals surface area contributed by atoms with Crippen LogP contribution < -0.4 is 20.7 Å². The third-order valence-electron chi connectivity index (χ3n) is 9.55. The van der Waals surface area contributed by atoms with Crippen LogP contribution in [0.15, 0.2) is 46.9 Å².